The summed E-state index contributed by atoms with van der Waals surface area (Å²) in [6, 6.07) is 0. The molecule has 1 amide bonds. The molecular weight excluding hydrogens is 214 g/mol. The zero-order chi connectivity index (χ0) is 11.3. The van der Waals surface area contributed by atoms with Crippen LogP contribution in [0.5, 0.6) is 0 Å². The van der Waals surface area contributed by atoms with Gasteiger partial charge in [-0.15, -0.1) is 0 Å². The van der Waals surface area contributed by atoms with Gasteiger partial charge in [0, 0.05) is 6.54 Å². The molecule has 0 saturated heterocycles. The summed E-state index contributed by atoms with van der Waals surface area (Å²) in [6.07, 6.45) is 1.46. The number of nitrogens with one attached hydrogen (secondary N) is 1. The van der Waals surface area contributed by atoms with Gasteiger partial charge < -0.3 is 10.4 Å². The van der Waals surface area contributed by atoms with Crippen molar-refractivity contribution in [1.82, 2.24) is 5.32 Å². The first kappa shape index (κ1) is 12.4. The van der Waals surface area contributed by atoms with Gasteiger partial charge in [0.25, 0.3) is 0 Å². The monoisotopic (exact) mass is 231 g/mol. The summed E-state index contributed by atoms with van der Waals surface area (Å²) in [5, 5.41) is 11.4. The summed E-state index contributed by atoms with van der Waals surface area (Å²) >= 11 is 1.84. The number of carbonyl (C=O) groups is 2. The standard InChI is InChI=1S/C10H17NO3S/c1-2-15-5-3-4-11-9(12)7-6-8(7)10(13)14/h7-8H,2-6H2,1H3,(H,11,12)(H,13,14). The Morgan fingerprint density at radius 1 is 1.47 bits per heavy atom. The lowest BCUT2D eigenvalue weighted by molar-refractivity contribution is -0.140. The summed E-state index contributed by atoms with van der Waals surface area (Å²) in [7, 11) is 0. The Labute approximate surface area is 93.8 Å². The maximum atomic E-state index is 11.4. The van der Waals surface area contributed by atoms with Crippen molar-refractivity contribution in [3.05, 3.63) is 0 Å². The van der Waals surface area contributed by atoms with Crippen LogP contribution in [0.3, 0.4) is 0 Å². The van der Waals surface area contributed by atoms with E-state index in [2.05, 4.69) is 12.2 Å². The van der Waals surface area contributed by atoms with Crippen molar-refractivity contribution in [1.29, 1.82) is 0 Å². The molecule has 0 aromatic rings. The fourth-order valence-corrected chi connectivity index (χ4v) is 2.06. The average molecular weight is 231 g/mol. The quantitative estimate of drug-likeness (QED) is 0.641. The molecule has 0 bridgehead atoms. The molecule has 0 aromatic heterocycles. The van der Waals surface area contributed by atoms with E-state index in [4.69, 9.17) is 5.11 Å². The van der Waals surface area contributed by atoms with Crippen LogP contribution in [-0.4, -0.2) is 35.0 Å². The van der Waals surface area contributed by atoms with Crippen molar-refractivity contribution >= 4 is 23.6 Å². The van der Waals surface area contributed by atoms with Crippen molar-refractivity contribution in [2.45, 2.75) is 19.8 Å². The molecule has 2 N–H and O–H groups in total. The minimum atomic E-state index is -0.850. The Bertz CT molecular complexity index is 245. The Morgan fingerprint density at radius 3 is 2.73 bits per heavy atom. The van der Waals surface area contributed by atoms with Crippen molar-refractivity contribution in [2.75, 3.05) is 18.1 Å². The van der Waals surface area contributed by atoms with Crippen molar-refractivity contribution < 1.29 is 14.7 Å². The highest BCUT2D eigenvalue weighted by Gasteiger charge is 2.48. The van der Waals surface area contributed by atoms with E-state index in [-0.39, 0.29) is 11.8 Å². The van der Waals surface area contributed by atoms with E-state index in [0.717, 1.165) is 17.9 Å². The van der Waals surface area contributed by atoms with Gasteiger partial charge in [-0.05, 0) is 24.3 Å². The lowest BCUT2D eigenvalue weighted by Gasteiger charge is -2.03. The van der Waals surface area contributed by atoms with Gasteiger partial charge in [0.2, 0.25) is 5.91 Å². The molecule has 86 valence electrons. The lowest BCUT2D eigenvalue weighted by Crippen LogP contribution is -2.27. The maximum Gasteiger partial charge on any atom is 0.307 e. The molecule has 0 aliphatic heterocycles. The second-order valence-electron chi connectivity index (χ2n) is 3.63. The zero-order valence-electron chi connectivity index (χ0n) is 8.86. The van der Waals surface area contributed by atoms with Crippen LogP contribution in [0.1, 0.15) is 19.8 Å². The fourth-order valence-electron chi connectivity index (χ4n) is 1.42. The highest BCUT2D eigenvalue weighted by atomic mass is 32.2. The molecule has 0 aromatic carbocycles. The van der Waals surface area contributed by atoms with E-state index >= 15 is 0 Å². The van der Waals surface area contributed by atoms with Crippen LogP contribution >= 0.6 is 11.8 Å². The van der Waals surface area contributed by atoms with Gasteiger partial charge in [-0.2, -0.15) is 11.8 Å². The minimum Gasteiger partial charge on any atom is -0.481 e. The largest absolute Gasteiger partial charge is 0.481 e. The first-order valence-corrected chi connectivity index (χ1v) is 6.40. The number of carboxylic acids is 1. The zero-order valence-corrected chi connectivity index (χ0v) is 9.68. The number of rotatable bonds is 7. The van der Waals surface area contributed by atoms with Gasteiger partial charge >= 0.3 is 5.97 Å². The van der Waals surface area contributed by atoms with E-state index in [9.17, 15) is 9.59 Å². The normalized spacial score (nSPS) is 23.5. The molecule has 5 heteroatoms. The predicted molar refractivity (Wildman–Crippen MR) is 59.9 cm³/mol. The molecule has 1 rings (SSSR count). The SMILES string of the molecule is CCSCCCNC(=O)C1CC1C(=O)O. The second kappa shape index (κ2) is 6.00. The molecule has 15 heavy (non-hydrogen) atoms. The Balaban J connectivity index is 2.03. The van der Waals surface area contributed by atoms with E-state index in [0.29, 0.717) is 13.0 Å². The van der Waals surface area contributed by atoms with E-state index < -0.39 is 11.9 Å². The molecule has 4 nitrogen and oxygen atoms in total. The van der Waals surface area contributed by atoms with Gasteiger partial charge in [0.1, 0.15) is 0 Å². The molecule has 1 aliphatic carbocycles. The number of hydrogen-bond donors (Lipinski definition) is 2. The summed E-state index contributed by atoms with van der Waals surface area (Å²) in [6.45, 7) is 2.76. The second-order valence-corrected chi connectivity index (χ2v) is 5.02. The molecule has 1 saturated carbocycles. The molecule has 2 atom stereocenters. The fraction of sp³-hybridized carbons (Fsp3) is 0.800. The molecule has 0 heterocycles. The van der Waals surface area contributed by atoms with Crippen molar-refractivity contribution in [3.63, 3.8) is 0 Å². The molecule has 2 unspecified atom stereocenters. The third-order valence-corrected chi connectivity index (χ3v) is 3.40. The predicted octanol–water partition coefficient (Wildman–Crippen LogP) is 0.967. The van der Waals surface area contributed by atoms with Crippen LogP contribution in [0.4, 0.5) is 0 Å². The van der Waals surface area contributed by atoms with Gasteiger partial charge in [-0.1, -0.05) is 6.92 Å². The Kier molecular flexibility index (Phi) is 4.94. The third kappa shape index (κ3) is 4.11. The highest BCUT2D eigenvalue weighted by Crippen LogP contribution is 2.38. The number of aliphatic carboxylic acids is 1. The third-order valence-electron chi connectivity index (χ3n) is 2.41. The Morgan fingerprint density at radius 2 is 2.20 bits per heavy atom. The summed E-state index contributed by atoms with van der Waals surface area (Å²) in [4.78, 5) is 21.9. The molecule has 0 spiro atoms. The number of carboxylic acid groups (broad SMARTS) is 1. The highest BCUT2D eigenvalue weighted by molar-refractivity contribution is 7.99. The van der Waals surface area contributed by atoms with Crippen LogP contribution in [-0.2, 0) is 9.59 Å². The van der Waals surface area contributed by atoms with Crippen molar-refractivity contribution in [2.24, 2.45) is 11.8 Å². The van der Waals surface area contributed by atoms with Crippen LogP contribution in [0.15, 0.2) is 0 Å². The molecule has 1 aliphatic rings. The number of carbonyl (C=O) groups excluding carboxylic acids is 1. The van der Waals surface area contributed by atoms with E-state index in [1.165, 1.54) is 0 Å². The maximum absolute atomic E-state index is 11.4. The number of hydrogen-bond acceptors (Lipinski definition) is 3. The minimum absolute atomic E-state index is 0.0936. The average Bonchev–Trinajstić information content (AvgIpc) is 2.96. The summed E-state index contributed by atoms with van der Waals surface area (Å²) in [5.41, 5.74) is 0. The van der Waals surface area contributed by atoms with Gasteiger partial charge in [-0.3, -0.25) is 9.59 Å². The summed E-state index contributed by atoms with van der Waals surface area (Å²) < 4.78 is 0. The molecular formula is C10H17NO3S. The van der Waals surface area contributed by atoms with Gasteiger partial charge in [-0.25, -0.2) is 0 Å². The van der Waals surface area contributed by atoms with Gasteiger partial charge in [0.15, 0.2) is 0 Å². The van der Waals surface area contributed by atoms with Crippen LogP contribution < -0.4 is 5.32 Å². The smallest absolute Gasteiger partial charge is 0.307 e. The van der Waals surface area contributed by atoms with E-state index in [1.807, 2.05) is 11.8 Å². The first-order chi connectivity index (χ1) is 7.16. The van der Waals surface area contributed by atoms with Crippen LogP contribution in [0.2, 0.25) is 0 Å². The van der Waals surface area contributed by atoms with Crippen molar-refractivity contribution in [3.8, 4) is 0 Å². The number of thioether (sulfide) groups is 1. The molecule has 0 radical (unpaired) electrons. The molecule has 1 fully saturated rings. The topological polar surface area (TPSA) is 66.4 Å². The van der Waals surface area contributed by atoms with Crippen LogP contribution in [0, 0.1) is 11.8 Å². The number of amides is 1. The lowest BCUT2D eigenvalue weighted by atomic mass is 10.3. The van der Waals surface area contributed by atoms with Crippen LogP contribution in [0.25, 0.3) is 0 Å². The Hall–Kier alpha value is -0.710. The summed E-state index contributed by atoms with van der Waals surface area (Å²) in [5.74, 6) is 0.485. The first-order valence-electron chi connectivity index (χ1n) is 5.25. The van der Waals surface area contributed by atoms with E-state index in [1.54, 1.807) is 0 Å². The van der Waals surface area contributed by atoms with Gasteiger partial charge in [0.05, 0.1) is 11.8 Å².